The average Bonchev–Trinajstić information content (AvgIpc) is 3.36. The maximum atomic E-state index is 13.1. The van der Waals surface area contributed by atoms with E-state index in [9.17, 15) is 14.7 Å². The van der Waals surface area contributed by atoms with Crippen LogP contribution < -0.4 is 10.1 Å². The van der Waals surface area contributed by atoms with Crippen molar-refractivity contribution in [1.82, 2.24) is 15.2 Å². The number of hydrogen-bond donors (Lipinski definition) is 2. The summed E-state index contributed by atoms with van der Waals surface area (Å²) in [5.41, 5.74) is 5.46. The summed E-state index contributed by atoms with van der Waals surface area (Å²) in [6.07, 6.45) is 8.44. The molecule has 1 aromatic heterocycles. The number of aryl methyl sites for hydroxylation is 1. The molecule has 0 bridgehead atoms. The molecule has 0 spiro atoms. The van der Waals surface area contributed by atoms with Crippen LogP contribution in [0.5, 0.6) is 5.75 Å². The predicted molar refractivity (Wildman–Crippen MR) is 133 cm³/mol. The third-order valence-electron chi connectivity index (χ3n) is 5.91. The highest BCUT2D eigenvalue weighted by atomic mass is 32.1. The topological polar surface area (TPSA) is 91.8 Å². The van der Waals surface area contributed by atoms with Crippen molar-refractivity contribution < 1.29 is 19.4 Å². The number of hydrogen-bond acceptors (Lipinski definition) is 6. The number of ether oxygens (including phenoxy) is 1. The number of β-amino-alcohol motifs (C(OH)–C–C–N with tert-alkyl or cyclic N) is 1. The van der Waals surface area contributed by atoms with Crippen molar-refractivity contribution in [1.29, 1.82) is 0 Å². The van der Waals surface area contributed by atoms with E-state index in [1.807, 2.05) is 31.5 Å². The van der Waals surface area contributed by atoms with Crippen molar-refractivity contribution in [3.63, 3.8) is 0 Å². The van der Waals surface area contributed by atoms with E-state index in [1.165, 1.54) is 15.4 Å². The van der Waals surface area contributed by atoms with Gasteiger partial charge in [0, 0.05) is 25.1 Å². The van der Waals surface area contributed by atoms with Crippen LogP contribution in [0.1, 0.15) is 40.7 Å². The van der Waals surface area contributed by atoms with Gasteiger partial charge in [-0.1, -0.05) is 30.4 Å². The van der Waals surface area contributed by atoms with Gasteiger partial charge in [-0.05, 0) is 49.6 Å². The lowest BCUT2D eigenvalue weighted by atomic mass is 10.1. The first-order chi connectivity index (χ1) is 16.5. The van der Waals surface area contributed by atoms with Gasteiger partial charge >= 0.3 is 0 Å². The maximum Gasteiger partial charge on any atom is 0.254 e. The number of carbonyl (C=O) groups is 2. The number of rotatable bonds is 7. The summed E-state index contributed by atoms with van der Waals surface area (Å²) in [6.45, 7) is 4.84. The molecule has 178 valence electrons. The fraction of sp³-hybridized carbons (Fsp3) is 0.346. The van der Waals surface area contributed by atoms with Gasteiger partial charge in [0.2, 0.25) is 5.91 Å². The Labute approximate surface area is 203 Å². The second-order valence-corrected chi connectivity index (χ2v) is 9.20. The fourth-order valence-corrected chi connectivity index (χ4v) is 5.05. The first kappa shape index (κ1) is 23.9. The number of benzene rings is 1. The summed E-state index contributed by atoms with van der Waals surface area (Å²) in [5.74, 6) is 0.0355. The van der Waals surface area contributed by atoms with Gasteiger partial charge in [0.1, 0.15) is 11.8 Å². The molecule has 1 aliphatic carbocycles. The Hall–Kier alpha value is -3.23. The van der Waals surface area contributed by atoms with Crippen LogP contribution in [0, 0.1) is 6.92 Å². The van der Waals surface area contributed by atoms with Crippen molar-refractivity contribution in [3.05, 3.63) is 75.8 Å². The number of nitrogens with one attached hydrogen (secondary N) is 1. The molecule has 0 unspecified atom stereocenters. The summed E-state index contributed by atoms with van der Waals surface area (Å²) in [5, 5.41) is 13.2. The van der Waals surface area contributed by atoms with Gasteiger partial charge in [0.05, 0.1) is 28.8 Å². The third-order valence-corrected chi connectivity index (χ3v) is 6.91. The SMILES string of the molecule is CCOc1cccc(C(=O)N2C[C@H](O)C[C@H]2C(=O)NCC2=CC=C(c3scnc3C)CC=C2)c1. The van der Waals surface area contributed by atoms with Crippen molar-refractivity contribution >= 4 is 28.7 Å². The Balaban J connectivity index is 1.42. The molecule has 4 rings (SSSR count). The zero-order valence-electron chi connectivity index (χ0n) is 19.4. The standard InChI is InChI=1S/C26H29N3O4S/c1-3-33-22-9-5-8-20(12-22)26(32)29-15-21(30)13-23(29)25(31)27-14-18-6-4-7-19(11-10-18)24-17(2)28-16-34-24/h4-6,8-12,16,21,23,30H,3,7,13-15H2,1-2H3,(H,27,31)/t21-,23+/m1/s1. The van der Waals surface area contributed by atoms with Gasteiger partial charge in [-0.2, -0.15) is 0 Å². The zero-order chi connectivity index (χ0) is 24.1. The van der Waals surface area contributed by atoms with Crippen molar-refractivity contribution in [2.45, 2.75) is 38.8 Å². The van der Waals surface area contributed by atoms with Gasteiger partial charge in [0.15, 0.2) is 0 Å². The minimum Gasteiger partial charge on any atom is -0.494 e. The Morgan fingerprint density at radius 1 is 1.32 bits per heavy atom. The van der Waals surface area contributed by atoms with Gasteiger partial charge in [-0.15, -0.1) is 11.3 Å². The van der Waals surface area contributed by atoms with E-state index in [0.717, 1.165) is 17.7 Å². The maximum absolute atomic E-state index is 13.1. The molecule has 1 aliphatic heterocycles. The van der Waals surface area contributed by atoms with Crippen LogP contribution in [0.15, 0.2) is 59.7 Å². The lowest BCUT2D eigenvalue weighted by Crippen LogP contribution is -2.46. The predicted octanol–water partition coefficient (Wildman–Crippen LogP) is 3.51. The molecule has 2 aromatic rings. The highest BCUT2D eigenvalue weighted by molar-refractivity contribution is 7.10. The number of nitrogens with zero attached hydrogens (tertiary/aromatic N) is 2. The van der Waals surface area contributed by atoms with Crippen molar-refractivity contribution in [2.75, 3.05) is 19.7 Å². The Morgan fingerprint density at radius 2 is 2.18 bits per heavy atom. The Morgan fingerprint density at radius 3 is 2.94 bits per heavy atom. The average molecular weight is 480 g/mol. The molecule has 0 saturated carbocycles. The van der Waals surface area contributed by atoms with Crippen LogP contribution in [-0.4, -0.2) is 58.6 Å². The molecule has 2 amide bonds. The van der Waals surface area contributed by atoms with Crippen LogP contribution in [0.2, 0.25) is 0 Å². The molecule has 2 N–H and O–H groups in total. The second-order valence-electron chi connectivity index (χ2n) is 8.35. The number of amides is 2. The highest BCUT2D eigenvalue weighted by Crippen LogP contribution is 2.28. The second kappa shape index (κ2) is 10.8. The van der Waals surface area contributed by atoms with Crippen LogP contribution >= 0.6 is 11.3 Å². The van der Waals surface area contributed by atoms with E-state index < -0.39 is 12.1 Å². The molecule has 2 aliphatic rings. The lowest BCUT2D eigenvalue weighted by molar-refractivity contribution is -0.124. The summed E-state index contributed by atoms with van der Waals surface area (Å²) in [4.78, 5) is 33.1. The van der Waals surface area contributed by atoms with Crippen LogP contribution in [0.3, 0.4) is 0 Å². The number of aliphatic hydroxyl groups is 1. The van der Waals surface area contributed by atoms with E-state index in [4.69, 9.17) is 4.74 Å². The number of carbonyl (C=O) groups excluding carboxylic acids is 2. The zero-order valence-corrected chi connectivity index (χ0v) is 20.2. The largest absolute Gasteiger partial charge is 0.494 e. The number of thiazole rings is 1. The van der Waals surface area contributed by atoms with Gasteiger partial charge < -0.3 is 20.1 Å². The summed E-state index contributed by atoms with van der Waals surface area (Å²) in [7, 11) is 0. The molecular formula is C26H29N3O4S. The number of allylic oxidation sites excluding steroid dienone is 4. The van der Waals surface area contributed by atoms with E-state index in [2.05, 4.69) is 22.5 Å². The minimum absolute atomic E-state index is 0.124. The molecule has 1 fully saturated rings. The quantitative estimate of drug-likeness (QED) is 0.634. The van der Waals surface area contributed by atoms with Crippen LogP contribution in [0.25, 0.3) is 5.57 Å². The number of aromatic nitrogens is 1. The summed E-state index contributed by atoms with van der Waals surface area (Å²) >= 11 is 1.63. The highest BCUT2D eigenvalue weighted by Gasteiger charge is 2.39. The van der Waals surface area contributed by atoms with Crippen LogP contribution in [-0.2, 0) is 4.79 Å². The van der Waals surface area contributed by atoms with E-state index >= 15 is 0 Å². The molecular weight excluding hydrogens is 450 g/mol. The molecule has 0 radical (unpaired) electrons. The normalized spacial score (nSPS) is 19.9. The molecule has 1 saturated heterocycles. The lowest BCUT2D eigenvalue weighted by Gasteiger charge is -2.24. The van der Waals surface area contributed by atoms with E-state index in [1.54, 1.807) is 35.6 Å². The molecule has 2 atom stereocenters. The van der Waals surface area contributed by atoms with Gasteiger partial charge in [-0.25, -0.2) is 4.98 Å². The first-order valence-corrected chi connectivity index (χ1v) is 12.3. The van der Waals surface area contributed by atoms with Gasteiger partial charge in [-0.3, -0.25) is 9.59 Å². The molecule has 1 aromatic carbocycles. The van der Waals surface area contributed by atoms with E-state index in [0.29, 0.717) is 24.5 Å². The minimum atomic E-state index is -0.736. The first-order valence-electron chi connectivity index (χ1n) is 11.4. The summed E-state index contributed by atoms with van der Waals surface area (Å²) < 4.78 is 5.49. The van der Waals surface area contributed by atoms with Gasteiger partial charge in [0.25, 0.3) is 5.91 Å². The summed E-state index contributed by atoms with van der Waals surface area (Å²) in [6, 6.07) is 6.18. The smallest absolute Gasteiger partial charge is 0.254 e. The third kappa shape index (κ3) is 5.46. The van der Waals surface area contributed by atoms with Crippen molar-refractivity contribution in [3.8, 4) is 5.75 Å². The molecule has 34 heavy (non-hydrogen) atoms. The molecule has 8 heteroatoms. The van der Waals surface area contributed by atoms with Crippen molar-refractivity contribution in [2.24, 2.45) is 0 Å². The van der Waals surface area contributed by atoms with Crippen LogP contribution in [0.4, 0.5) is 0 Å². The monoisotopic (exact) mass is 479 g/mol. The number of likely N-dealkylation sites (tertiary alicyclic amines) is 1. The molecule has 7 nitrogen and oxygen atoms in total. The molecule has 2 heterocycles. The number of aliphatic hydroxyl groups excluding tert-OH is 1. The Kier molecular flexibility index (Phi) is 7.59. The fourth-order valence-electron chi connectivity index (χ4n) is 4.21. The van der Waals surface area contributed by atoms with E-state index in [-0.39, 0.29) is 24.8 Å². The Bertz CT molecular complexity index is 1150.